The number of fused-ring (bicyclic) bond motifs is 1. The predicted octanol–water partition coefficient (Wildman–Crippen LogP) is 1.61. The quantitative estimate of drug-likeness (QED) is 0.863. The number of carbonyl (C=O) groups is 1. The van der Waals surface area contributed by atoms with E-state index >= 15 is 0 Å². The van der Waals surface area contributed by atoms with Crippen molar-refractivity contribution in [1.29, 1.82) is 0 Å². The van der Waals surface area contributed by atoms with Crippen LogP contribution >= 0.6 is 0 Å². The van der Waals surface area contributed by atoms with Gasteiger partial charge in [-0.15, -0.1) is 0 Å². The zero-order valence-electron chi connectivity index (χ0n) is 14.6. The SMILES string of the molecule is COCC(=O)NCc1cc2n(n1)CCN(Cc1cc(C)cc(F)c1)C2. The number of ether oxygens (including phenoxy) is 1. The summed E-state index contributed by atoms with van der Waals surface area (Å²) in [6, 6.07) is 7.16. The molecule has 0 atom stereocenters. The highest BCUT2D eigenvalue weighted by Gasteiger charge is 2.19. The fraction of sp³-hybridized carbons (Fsp3) is 0.444. The number of nitrogens with zero attached hydrogens (tertiary/aromatic N) is 3. The molecule has 134 valence electrons. The summed E-state index contributed by atoms with van der Waals surface area (Å²) in [5.41, 5.74) is 3.86. The highest BCUT2D eigenvalue weighted by Crippen LogP contribution is 2.17. The van der Waals surface area contributed by atoms with Crippen molar-refractivity contribution in [3.8, 4) is 0 Å². The smallest absolute Gasteiger partial charge is 0.246 e. The molecule has 2 aromatic rings. The first-order chi connectivity index (χ1) is 12.0. The average Bonchev–Trinajstić information content (AvgIpc) is 2.94. The summed E-state index contributed by atoms with van der Waals surface area (Å²) < 4.78 is 20.3. The second-order valence-corrected chi connectivity index (χ2v) is 6.41. The van der Waals surface area contributed by atoms with E-state index in [1.165, 1.54) is 7.11 Å². The summed E-state index contributed by atoms with van der Waals surface area (Å²) in [4.78, 5) is 13.7. The van der Waals surface area contributed by atoms with Gasteiger partial charge in [0.1, 0.15) is 12.4 Å². The van der Waals surface area contributed by atoms with Crippen LogP contribution in [-0.4, -0.2) is 40.8 Å². The molecule has 2 heterocycles. The lowest BCUT2D eigenvalue weighted by Crippen LogP contribution is -2.33. The third-order valence-electron chi connectivity index (χ3n) is 4.18. The summed E-state index contributed by atoms with van der Waals surface area (Å²) in [6.45, 7) is 5.47. The Morgan fingerprint density at radius 3 is 2.92 bits per heavy atom. The summed E-state index contributed by atoms with van der Waals surface area (Å²) in [6.07, 6.45) is 0. The first-order valence-electron chi connectivity index (χ1n) is 8.33. The summed E-state index contributed by atoms with van der Waals surface area (Å²) in [7, 11) is 1.49. The fourth-order valence-electron chi connectivity index (χ4n) is 3.13. The Kier molecular flexibility index (Phi) is 5.45. The van der Waals surface area contributed by atoms with E-state index in [1.54, 1.807) is 12.1 Å². The minimum absolute atomic E-state index is 0.0500. The van der Waals surface area contributed by atoms with E-state index < -0.39 is 0 Å². The van der Waals surface area contributed by atoms with Crippen LogP contribution in [0.1, 0.15) is 22.5 Å². The number of hydrogen-bond acceptors (Lipinski definition) is 4. The van der Waals surface area contributed by atoms with Crippen LogP contribution in [0, 0.1) is 12.7 Å². The van der Waals surface area contributed by atoms with E-state index in [-0.39, 0.29) is 18.3 Å². The zero-order chi connectivity index (χ0) is 17.8. The summed E-state index contributed by atoms with van der Waals surface area (Å²) in [5, 5.41) is 7.30. The molecule has 0 saturated carbocycles. The molecule has 0 spiro atoms. The van der Waals surface area contributed by atoms with Gasteiger partial charge in [0.25, 0.3) is 0 Å². The van der Waals surface area contributed by atoms with Crippen molar-refractivity contribution in [2.24, 2.45) is 0 Å². The number of amides is 1. The van der Waals surface area contributed by atoms with Crippen LogP contribution in [0.3, 0.4) is 0 Å². The van der Waals surface area contributed by atoms with E-state index in [0.29, 0.717) is 13.1 Å². The Balaban J connectivity index is 1.60. The minimum atomic E-state index is -0.189. The van der Waals surface area contributed by atoms with Gasteiger partial charge >= 0.3 is 0 Å². The molecule has 1 aromatic carbocycles. The molecule has 1 N–H and O–H groups in total. The van der Waals surface area contributed by atoms with E-state index in [9.17, 15) is 9.18 Å². The first kappa shape index (κ1) is 17.6. The average molecular weight is 346 g/mol. The van der Waals surface area contributed by atoms with Crippen molar-refractivity contribution in [2.45, 2.75) is 33.1 Å². The number of methoxy groups -OCH3 is 1. The molecule has 0 radical (unpaired) electrons. The second-order valence-electron chi connectivity index (χ2n) is 6.41. The lowest BCUT2D eigenvalue weighted by atomic mass is 10.1. The number of benzene rings is 1. The van der Waals surface area contributed by atoms with Crippen molar-refractivity contribution in [3.63, 3.8) is 0 Å². The molecule has 1 aliphatic heterocycles. The second kappa shape index (κ2) is 7.76. The number of carbonyl (C=O) groups excluding carboxylic acids is 1. The molecule has 0 bridgehead atoms. The molecule has 25 heavy (non-hydrogen) atoms. The number of nitrogens with one attached hydrogen (secondary N) is 1. The zero-order valence-corrected chi connectivity index (χ0v) is 14.6. The minimum Gasteiger partial charge on any atom is -0.375 e. The third kappa shape index (κ3) is 4.64. The van der Waals surface area contributed by atoms with Gasteiger partial charge in [-0.2, -0.15) is 5.10 Å². The van der Waals surface area contributed by atoms with Gasteiger partial charge in [0.15, 0.2) is 0 Å². The first-order valence-corrected chi connectivity index (χ1v) is 8.33. The van der Waals surface area contributed by atoms with Gasteiger partial charge in [-0.3, -0.25) is 14.4 Å². The van der Waals surface area contributed by atoms with Crippen molar-refractivity contribution >= 4 is 5.91 Å². The summed E-state index contributed by atoms with van der Waals surface area (Å²) >= 11 is 0. The molecular weight excluding hydrogens is 323 g/mol. The number of halogens is 1. The predicted molar refractivity (Wildman–Crippen MR) is 91.2 cm³/mol. The van der Waals surface area contributed by atoms with Gasteiger partial charge in [-0.1, -0.05) is 6.07 Å². The molecule has 1 aromatic heterocycles. The van der Waals surface area contributed by atoms with Crippen molar-refractivity contribution in [3.05, 3.63) is 52.6 Å². The molecule has 0 unspecified atom stereocenters. The summed E-state index contributed by atoms with van der Waals surface area (Å²) in [5.74, 6) is -0.345. The number of rotatable bonds is 6. The maximum atomic E-state index is 13.6. The Morgan fingerprint density at radius 2 is 2.16 bits per heavy atom. The van der Waals surface area contributed by atoms with Gasteiger partial charge in [-0.25, -0.2) is 4.39 Å². The van der Waals surface area contributed by atoms with E-state index in [4.69, 9.17) is 4.74 Å². The van der Waals surface area contributed by atoms with Crippen LogP contribution in [-0.2, 0) is 35.7 Å². The number of aromatic nitrogens is 2. The molecule has 0 saturated heterocycles. The van der Waals surface area contributed by atoms with E-state index in [1.807, 2.05) is 23.7 Å². The molecule has 6 nitrogen and oxygen atoms in total. The number of hydrogen-bond donors (Lipinski definition) is 1. The van der Waals surface area contributed by atoms with E-state index in [0.717, 1.165) is 42.1 Å². The topological polar surface area (TPSA) is 59.4 Å². The Morgan fingerprint density at radius 1 is 1.32 bits per heavy atom. The number of aryl methyl sites for hydroxylation is 1. The van der Waals surface area contributed by atoms with Gasteiger partial charge in [-0.05, 0) is 36.2 Å². The molecule has 0 fully saturated rings. The van der Waals surface area contributed by atoms with Crippen molar-refractivity contribution < 1.29 is 13.9 Å². The van der Waals surface area contributed by atoms with Gasteiger partial charge < -0.3 is 10.1 Å². The molecule has 3 rings (SSSR count). The van der Waals surface area contributed by atoms with Crippen molar-refractivity contribution in [1.82, 2.24) is 20.0 Å². The van der Waals surface area contributed by atoms with Crippen LogP contribution in [0.15, 0.2) is 24.3 Å². The molecule has 7 heteroatoms. The highest BCUT2D eigenvalue weighted by atomic mass is 19.1. The Hall–Kier alpha value is -2.25. The third-order valence-corrected chi connectivity index (χ3v) is 4.18. The molecule has 0 aliphatic carbocycles. The largest absolute Gasteiger partial charge is 0.375 e. The maximum absolute atomic E-state index is 13.6. The van der Waals surface area contributed by atoms with E-state index in [2.05, 4.69) is 15.3 Å². The molecule has 1 aliphatic rings. The molecular formula is C18H23FN4O2. The van der Waals surface area contributed by atoms with Gasteiger partial charge in [0, 0.05) is 26.7 Å². The van der Waals surface area contributed by atoms with Crippen LogP contribution in [0.25, 0.3) is 0 Å². The van der Waals surface area contributed by atoms with Gasteiger partial charge in [0.2, 0.25) is 5.91 Å². The Labute approximate surface area is 146 Å². The van der Waals surface area contributed by atoms with Crippen LogP contribution in [0.2, 0.25) is 0 Å². The maximum Gasteiger partial charge on any atom is 0.246 e. The Bertz CT molecular complexity index is 739. The molecule has 1 amide bonds. The monoisotopic (exact) mass is 346 g/mol. The lowest BCUT2D eigenvalue weighted by Gasteiger charge is -2.27. The van der Waals surface area contributed by atoms with Crippen molar-refractivity contribution in [2.75, 3.05) is 20.3 Å². The fourth-order valence-corrected chi connectivity index (χ4v) is 3.13. The lowest BCUT2D eigenvalue weighted by molar-refractivity contribution is -0.124. The van der Waals surface area contributed by atoms with Crippen LogP contribution < -0.4 is 5.32 Å². The van der Waals surface area contributed by atoms with Gasteiger partial charge in [0.05, 0.1) is 24.5 Å². The van der Waals surface area contributed by atoms with Crippen LogP contribution in [0.4, 0.5) is 4.39 Å². The standard InChI is InChI=1S/C18H23FN4O2/c1-13-5-14(7-15(19)6-13)10-22-3-4-23-17(11-22)8-16(21-23)9-20-18(24)12-25-2/h5-8H,3-4,9-12H2,1-2H3,(H,20,24). The van der Waals surface area contributed by atoms with Crippen LogP contribution in [0.5, 0.6) is 0 Å². The highest BCUT2D eigenvalue weighted by molar-refractivity contribution is 5.77. The normalized spacial score (nSPS) is 14.4.